The zero-order valence-corrected chi connectivity index (χ0v) is 7.55. The van der Waals surface area contributed by atoms with E-state index < -0.39 is 23.6 Å². The molecule has 0 aliphatic heterocycles. The molecule has 0 aromatic rings. The van der Waals surface area contributed by atoms with E-state index in [1.807, 2.05) is 0 Å². The van der Waals surface area contributed by atoms with E-state index in [9.17, 15) is 18.0 Å². The first kappa shape index (κ1) is 15.2. The van der Waals surface area contributed by atoms with Crippen LogP contribution < -0.4 is 11.5 Å². The fraction of sp³-hybridized carbons (Fsp3) is 0.667. The summed E-state index contributed by atoms with van der Waals surface area (Å²) in [6, 6.07) is 0. The first-order valence-corrected chi connectivity index (χ1v) is 3.28. The van der Waals surface area contributed by atoms with Crippen LogP contribution in [0.15, 0.2) is 0 Å². The van der Waals surface area contributed by atoms with Crippen molar-refractivity contribution in [1.29, 1.82) is 0 Å². The van der Waals surface area contributed by atoms with Crippen molar-refractivity contribution >= 4 is 11.9 Å². The van der Waals surface area contributed by atoms with Crippen molar-refractivity contribution < 1.29 is 27.9 Å². The van der Waals surface area contributed by atoms with Crippen molar-refractivity contribution in [1.82, 2.24) is 0 Å². The first-order valence-electron chi connectivity index (χ1n) is 3.28. The van der Waals surface area contributed by atoms with Gasteiger partial charge in [0.2, 0.25) is 5.91 Å². The van der Waals surface area contributed by atoms with Crippen molar-refractivity contribution in [3.8, 4) is 0 Å². The largest absolute Gasteiger partial charge is 0.490 e. The van der Waals surface area contributed by atoms with Crippen LogP contribution in [0.5, 0.6) is 0 Å². The second-order valence-corrected chi connectivity index (χ2v) is 2.89. The Bertz CT molecular complexity index is 195. The fourth-order valence-electron chi connectivity index (χ4n) is 0. The molecule has 0 spiro atoms. The van der Waals surface area contributed by atoms with Crippen LogP contribution in [0.25, 0.3) is 0 Å². The zero-order valence-electron chi connectivity index (χ0n) is 7.55. The summed E-state index contributed by atoms with van der Waals surface area (Å²) < 4.78 is 31.7. The van der Waals surface area contributed by atoms with Crippen LogP contribution in [0.3, 0.4) is 0 Å². The molecule has 8 heteroatoms. The standard InChI is InChI=1S/C4H10N2O.C2HF3O2/c1-4(2,6)3(5)7;3-2(4,5)1(6)7/h6H2,1-2H3,(H2,5,7);(H,6,7). The Hall–Kier alpha value is -1.31. The Kier molecular flexibility index (Phi) is 5.20. The minimum Gasteiger partial charge on any atom is -0.475 e. The highest BCUT2D eigenvalue weighted by atomic mass is 19.4. The summed E-state index contributed by atoms with van der Waals surface area (Å²) in [6.07, 6.45) is -5.08. The number of carbonyl (C=O) groups excluding carboxylic acids is 1. The van der Waals surface area contributed by atoms with E-state index in [0.717, 1.165) is 0 Å². The predicted molar refractivity (Wildman–Crippen MR) is 41.2 cm³/mol. The van der Waals surface area contributed by atoms with Gasteiger partial charge in [0.1, 0.15) is 0 Å². The van der Waals surface area contributed by atoms with Gasteiger partial charge in [-0.3, -0.25) is 4.79 Å². The second kappa shape index (κ2) is 4.80. The molecule has 0 saturated heterocycles. The molecule has 0 rings (SSSR count). The molecule has 0 fully saturated rings. The Morgan fingerprint density at radius 2 is 1.36 bits per heavy atom. The normalized spacial score (nSPS) is 11.3. The third-order valence-electron chi connectivity index (χ3n) is 0.878. The number of carboxylic acid groups (broad SMARTS) is 1. The SMILES string of the molecule is CC(C)(N)C(N)=O.O=C(O)C(F)(F)F. The number of hydrogen-bond acceptors (Lipinski definition) is 3. The molecule has 0 aromatic heterocycles. The molecule has 0 saturated carbocycles. The van der Waals surface area contributed by atoms with Crippen molar-refractivity contribution in [2.75, 3.05) is 0 Å². The first-order chi connectivity index (χ1) is 5.89. The molecule has 0 heterocycles. The van der Waals surface area contributed by atoms with Gasteiger partial charge in [-0.15, -0.1) is 0 Å². The third kappa shape index (κ3) is 8.78. The van der Waals surface area contributed by atoms with Crippen molar-refractivity contribution in [3.05, 3.63) is 0 Å². The zero-order chi connectivity index (χ0) is 12.2. The van der Waals surface area contributed by atoms with E-state index >= 15 is 0 Å². The molecule has 1 amide bonds. The summed E-state index contributed by atoms with van der Waals surface area (Å²) in [5.74, 6) is -3.24. The van der Waals surface area contributed by atoms with Gasteiger partial charge in [0, 0.05) is 0 Å². The highest BCUT2D eigenvalue weighted by molar-refractivity contribution is 5.83. The number of alkyl halides is 3. The maximum atomic E-state index is 10.6. The fourth-order valence-corrected chi connectivity index (χ4v) is 0. The summed E-state index contributed by atoms with van der Waals surface area (Å²) in [5, 5.41) is 7.12. The van der Waals surface area contributed by atoms with Crippen LogP contribution in [0, 0.1) is 0 Å². The van der Waals surface area contributed by atoms with Crippen molar-refractivity contribution in [2.24, 2.45) is 11.5 Å². The molecule has 0 unspecified atom stereocenters. The number of halogens is 3. The number of hydrogen-bond donors (Lipinski definition) is 3. The lowest BCUT2D eigenvalue weighted by Crippen LogP contribution is -2.46. The number of primary amides is 1. The van der Waals surface area contributed by atoms with Crippen LogP contribution in [0.4, 0.5) is 13.2 Å². The van der Waals surface area contributed by atoms with E-state index in [2.05, 4.69) is 0 Å². The molecular formula is C6H11F3N2O3. The minimum atomic E-state index is -5.08. The van der Waals surface area contributed by atoms with Gasteiger partial charge < -0.3 is 16.6 Å². The van der Waals surface area contributed by atoms with E-state index in [0.29, 0.717) is 0 Å². The van der Waals surface area contributed by atoms with Gasteiger partial charge in [0.15, 0.2) is 0 Å². The molecule has 0 radical (unpaired) electrons. The number of carboxylic acids is 1. The summed E-state index contributed by atoms with van der Waals surface area (Å²) in [6.45, 7) is 3.13. The topological polar surface area (TPSA) is 106 Å². The third-order valence-corrected chi connectivity index (χ3v) is 0.878. The van der Waals surface area contributed by atoms with Crippen molar-refractivity contribution in [3.63, 3.8) is 0 Å². The average Bonchev–Trinajstić information content (AvgIpc) is 1.83. The molecule has 5 nitrogen and oxygen atoms in total. The van der Waals surface area contributed by atoms with Crippen molar-refractivity contribution in [2.45, 2.75) is 25.6 Å². The van der Waals surface area contributed by atoms with Gasteiger partial charge in [-0.25, -0.2) is 4.79 Å². The van der Waals surface area contributed by atoms with E-state index in [1.54, 1.807) is 13.8 Å². The highest BCUT2D eigenvalue weighted by Crippen LogP contribution is 2.13. The van der Waals surface area contributed by atoms with Crippen LogP contribution >= 0.6 is 0 Å². The van der Waals surface area contributed by atoms with Gasteiger partial charge in [-0.05, 0) is 13.8 Å². The molecule has 14 heavy (non-hydrogen) atoms. The molecule has 84 valence electrons. The Morgan fingerprint density at radius 1 is 1.21 bits per heavy atom. The van der Waals surface area contributed by atoms with Gasteiger partial charge in [-0.1, -0.05) is 0 Å². The van der Waals surface area contributed by atoms with E-state index in [4.69, 9.17) is 21.4 Å². The molecule has 0 aliphatic rings. The summed E-state index contributed by atoms with van der Waals surface area (Å²) in [5.41, 5.74) is 9.15. The lowest BCUT2D eigenvalue weighted by molar-refractivity contribution is -0.192. The summed E-state index contributed by atoms with van der Waals surface area (Å²) in [4.78, 5) is 19.0. The van der Waals surface area contributed by atoms with Crippen LogP contribution in [0.1, 0.15) is 13.8 Å². The quantitative estimate of drug-likeness (QED) is 0.566. The minimum absolute atomic E-state index is 0.479. The molecular weight excluding hydrogens is 205 g/mol. The second-order valence-electron chi connectivity index (χ2n) is 2.89. The molecule has 0 atom stereocenters. The predicted octanol–water partition coefficient (Wildman–Crippen LogP) is -0.158. The Labute approximate surface area is 77.9 Å². The monoisotopic (exact) mass is 216 g/mol. The summed E-state index contributed by atoms with van der Waals surface area (Å²) >= 11 is 0. The van der Waals surface area contributed by atoms with Gasteiger partial charge in [0.25, 0.3) is 0 Å². The lowest BCUT2D eigenvalue weighted by atomic mass is 10.1. The van der Waals surface area contributed by atoms with Crippen LogP contribution in [0.2, 0.25) is 0 Å². The van der Waals surface area contributed by atoms with E-state index in [1.165, 1.54) is 0 Å². The molecule has 0 aliphatic carbocycles. The number of rotatable bonds is 1. The smallest absolute Gasteiger partial charge is 0.475 e. The van der Waals surface area contributed by atoms with Gasteiger partial charge >= 0.3 is 12.1 Å². The average molecular weight is 216 g/mol. The highest BCUT2D eigenvalue weighted by Gasteiger charge is 2.38. The number of aliphatic carboxylic acids is 1. The van der Waals surface area contributed by atoms with Gasteiger partial charge in [0.05, 0.1) is 5.54 Å². The molecule has 5 N–H and O–H groups in total. The van der Waals surface area contributed by atoms with E-state index in [-0.39, 0.29) is 0 Å². The lowest BCUT2D eigenvalue weighted by Gasteiger charge is -2.10. The number of carbonyl (C=O) groups is 2. The number of nitrogens with two attached hydrogens (primary N) is 2. The number of amides is 1. The summed E-state index contributed by atoms with van der Waals surface area (Å²) in [7, 11) is 0. The maximum absolute atomic E-state index is 10.6. The van der Waals surface area contributed by atoms with Crippen LogP contribution in [-0.2, 0) is 9.59 Å². The molecule has 0 aromatic carbocycles. The van der Waals surface area contributed by atoms with Gasteiger partial charge in [-0.2, -0.15) is 13.2 Å². The van der Waals surface area contributed by atoms with Crippen LogP contribution in [-0.4, -0.2) is 28.7 Å². The Balaban J connectivity index is 0. The Morgan fingerprint density at radius 3 is 1.36 bits per heavy atom. The maximum Gasteiger partial charge on any atom is 0.490 e. The molecule has 0 bridgehead atoms.